The van der Waals surface area contributed by atoms with E-state index in [2.05, 4.69) is 0 Å². The first-order valence-corrected chi connectivity index (χ1v) is 14.4. The standard InChI is InChI=1S/C19H25Cl3F2O2Si/c20-27(21,22)15-8-6-4-2-1-3-5-7-14-26-18(25)13-12-16-10-9-11-17(23)19(16)24/h9-13H,1-8,14-15H2/b13-12+. The van der Waals surface area contributed by atoms with Crippen molar-refractivity contribution in [2.45, 2.75) is 57.4 Å². The summed E-state index contributed by atoms with van der Waals surface area (Å²) in [5.74, 6) is -2.48. The number of benzene rings is 1. The molecule has 2 nitrogen and oxygen atoms in total. The van der Waals surface area contributed by atoms with E-state index in [1.807, 2.05) is 0 Å². The molecule has 1 rings (SSSR count). The average molecular weight is 458 g/mol. The minimum absolute atomic E-state index is 0.0168. The average Bonchev–Trinajstić information content (AvgIpc) is 2.60. The lowest BCUT2D eigenvalue weighted by Crippen LogP contribution is -2.07. The van der Waals surface area contributed by atoms with Gasteiger partial charge in [0.1, 0.15) is 0 Å². The topological polar surface area (TPSA) is 26.3 Å². The molecule has 0 N–H and O–H groups in total. The van der Waals surface area contributed by atoms with Gasteiger partial charge in [0.05, 0.1) is 6.61 Å². The number of halogens is 5. The van der Waals surface area contributed by atoms with Crippen molar-refractivity contribution in [3.8, 4) is 0 Å². The Morgan fingerprint density at radius 2 is 1.56 bits per heavy atom. The van der Waals surface area contributed by atoms with Crippen molar-refractivity contribution in [3.63, 3.8) is 0 Å². The third-order valence-electron chi connectivity index (χ3n) is 3.98. The maximum atomic E-state index is 13.4. The summed E-state index contributed by atoms with van der Waals surface area (Å²) in [6.45, 7) is 0.322. The third kappa shape index (κ3) is 12.4. The summed E-state index contributed by atoms with van der Waals surface area (Å²) in [7, 11) is 0. The smallest absolute Gasteiger partial charge is 0.341 e. The second-order valence-electron chi connectivity index (χ2n) is 6.34. The second-order valence-corrected chi connectivity index (χ2v) is 15.6. The first kappa shape index (κ1) is 24.4. The number of hydrogen-bond acceptors (Lipinski definition) is 2. The summed E-state index contributed by atoms with van der Waals surface area (Å²) in [6.07, 6.45) is 10.7. The van der Waals surface area contributed by atoms with Gasteiger partial charge in [0.15, 0.2) is 11.6 Å². The Kier molecular flexibility index (Phi) is 12.2. The molecular weight excluding hydrogens is 433 g/mol. The Labute approximate surface area is 174 Å². The van der Waals surface area contributed by atoms with Gasteiger partial charge in [0.25, 0.3) is 0 Å². The van der Waals surface area contributed by atoms with Crippen LogP contribution in [0.25, 0.3) is 6.08 Å². The molecule has 152 valence electrons. The molecular formula is C19H25Cl3F2O2Si. The molecule has 0 amide bonds. The fourth-order valence-corrected chi connectivity index (χ4v) is 4.37. The summed E-state index contributed by atoms with van der Waals surface area (Å²) in [4.78, 5) is 11.6. The van der Waals surface area contributed by atoms with E-state index >= 15 is 0 Å². The van der Waals surface area contributed by atoms with Crippen molar-refractivity contribution >= 4 is 51.3 Å². The number of ether oxygens (including phenoxy) is 1. The molecule has 1 aromatic rings. The largest absolute Gasteiger partial charge is 0.463 e. The van der Waals surface area contributed by atoms with E-state index in [-0.39, 0.29) is 5.56 Å². The van der Waals surface area contributed by atoms with E-state index in [0.717, 1.165) is 69.6 Å². The Morgan fingerprint density at radius 3 is 2.19 bits per heavy atom. The maximum Gasteiger partial charge on any atom is 0.341 e. The number of rotatable bonds is 13. The lowest BCUT2D eigenvalue weighted by Gasteiger charge is -2.07. The molecule has 0 aliphatic carbocycles. The summed E-state index contributed by atoms with van der Waals surface area (Å²) >= 11 is 17.5. The summed E-state index contributed by atoms with van der Waals surface area (Å²) in [5, 5.41) is 0. The van der Waals surface area contributed by atoms with Gasteiger partial charge in [-0.3, -0.25) is 0 Å². The summed E-state index contributed by atoms with van der Waals surface area (Å²) < 4.78 is 31.5. The molecule has 0 saturated carbocycles. The zero-order valence-electron chi connectivity index (χ0n) is 15.2. The molecule has 27 heavy (non-hydrogen) atoms. The van der Waals surface area contributed by atoms with E-state index < -0.39 is 23.6 Å². The van der Waals surface area contributed by atoms with Crippen LogP contribution in [0.3, 0.4) is 0 Å². The van der Waals surface area contributed by atoms with Crippen molar-refractivity contribution in [2.75, 3.05) is 6.61 Å². The monoisotopic (exact) mass is 456 g/mol. The van der Waals surface area contributed by atoms with Gasteiger partial charge in [-0.2, -0.15) is 0 Å². The highest BCUT2D eigenvalue weighted by Crippen LogP contribution is 2.27. The molecule has 8 heteroatoms. The Balaban J connectivity index is 2.01. The van der Waals surface area contributed by atoms with Crippen molar-refractivity contribution in [1.82, 2.24) is 0 Å². The lowest BCUT2D eigenvalue weighted by molar-refractivity contribution is -0.137. The van der Waals surface area contributed by atoms with Gasteiger partial charge in [-0.25, -0.2) is 13.6 Å². The first-order chi connectivity index (χ1) is 12.8. The maximum absolute atomic E-state index is 13.4. The highest BCUT2D eigenvalue weighted by Gasteiger charge is 2.23. The number of esters is 1. The van der Waals surface area contributed by atoms with Crippen LogP contribution < -0.4 is 0 Å². The summed E-state index contributed by atoms with van der Waals surface area (Å²) in [6, 6.07) is 2.07. The highest BCUT2D eigenvalue weighted by atomic mass is 35.8. The molecule has 0 bridgehead atoms. The van der Waals surface area contributed by atoms with E-state index in [1.54, 1.807) is 0 Å². The van der Waals surface area contributed by atoms with Crippen LogP contribution in [0, 0.1) is 11.6 Å². The molecule has 0 aromatic heterocycles. The fourth-order valence-electron chi connectivity index (χ4n) is 2.52. The zero-order valence-corrected chi connectivity index (χ0v) is 18.4. The Bertz CT molecular complexity index is 607. The van der Waals surface area contributed by atoms with E-state index in [9.17, 15) is 13.6 Å². The van der Waals surface area contributed by atoms with E-state index in [0.29, 0.717) is 6.61 Å². The van der Waals surface area contributed by atoms with Crippen molar-refractivity contribution < 1.29 is 18.3 Å². The van der Waals surface area contributed by atoms with Crippen LogP contribution in [0.1, 0.15) is 56.9 Å². The number of carbonyl (C=O) groups is 1. The lowest BCUT2D eigenvalue weighted by atomic mass is 10.1. The van der Waals surface area contributed by atoms with Crippen LogP contribution in [0.4, 0.5) is 8.78 Å². The molecule has 0 fully saturated rings. The van der Waals surface area contributed by atoms with Gasteiger partial charge in [-0.05, 0) is 24.6 Å². The fraction of sp³-hybridized carbons (Fsp3) is 0.526. The first-order valence-electron chi connectivity index (χ1n) is 9.15. The van der Waals surface area contributed by atoms with Crippen LogP contribution in [0.5, 0.6) is 0 Å². The molecule has 0 radical (unpaired) electrons. The normalized spacial score (nSPS) is 11.9. The van der Waals surface area contributed by atoms with Crippen LogP contribution >= 0.6 is 33.2 Å². The highest BCUT2D eigenvalue weighted by molar-refractivity contribution is 7.64. The van der Waals surface area contributed by atoms with Crippen molar-refractivity contribution in [3.05, 3.63) is 41.5 Å². The molecule has 1 aromatic carbocycles. The number of hydrogen-bond donors (Lipinski definition) is 0. The van der Waals surface area contributed by atoms with Gasteiger partial charge in [0, 0.05) is 11.6 Å². The SMILES string of the molecule is O=C(/C=C/c1cccc(F)c1F)OCCCCCCCCCC[Si](Cl)(Cl)Cl. The van der Waals surface area contributed by atoms with Crippen LogP contribution in [0.15, 0.2) is 24.3 Å². The quantitative estimate of drug-likeness (QED) is 0.102. The van der Waals surface area contributed by atoms with E-state index in [4.69, 9.17) is 38.0 Å². The van der Waals surface area contributed by atoms with Gasteiger partial charge >= 0.3 is 12.0 Å². The molecule has 0 atom stereocenters. The van der Waals surface area contributed by atoms with Gasteiger partial charge < -0.3 is 4.74 Å². The minimum Gasteiger partial charge on any atom is -0.463 e. The molecule has 0 saturated heterocycles. The zero-order chi connectivity index (χ0) is 20.1. The molecule has 0 heterocycles. The predicted octanol–water partition coefficient (Wildman–Crippen LogP) is 7.30. The Hall–Kier alpha value is -0.623. The minimum atomic E-state index is -2.45. The van der Waals surface area contributed by atoms with Crippen molar-refractivity contribution in [2.24, 2.45) is 0 Å². The predicted molar refractivity (Wildman–Crippen MR) is 111 cm³/mol. The third-order valence-corrected chi connectivity index (χ3v) is 6.60. The summed E-state index contributed by atoms with van der Waals surface area (Å²) in [5.41, 5.74) is 0.0168. The second kappa shape index (κ2) is 13.5. The van der Waals surface area contributed by atoms with Gasteiger partial charge in [-0.1, -0.05) is 57.1 Å². The number of unbranched alkanes of at least 4 members (excludes halogenated alkanes) is 7. The number of carbonyl (C=O) groups excluding carboxylic acids is 1. The van der Waals surface area contributed by atoms with Crippen LogP contribution in [-0.2, 0) is 9.53 Å². The molecule has 0 spiro atoms. The molecule has 0 unspecified atom stereocenters. The molecule has 0 aliphatic rings. The van der Waals surface area contributed by atoms with Gasteiger partial charge in [0.2, 0.25) is 0 Å². The van der Waals surface area contributed by atoms with Crippen molar-refractivity contribution in [1.29, 1.82) is 0 Å². The Morgan fingerprint density at radius 1 is 0.963 bits per heavy atom. The van der Waals surface area contributed by atoms with Crippen LogP contribution in [-0.4, -0.2) is 18.6 Å². The van der Waals surface area contributed by atoms with Gasteiger partial charge in [-0.15, -0.1) is 33.2 Å². The van der Waals surface area contributed by atoms with Crippen LogP contribution in [0.2, 0.25) is 6.04 Å². The molecule has 0 aliphatic heterocycles. The van der Waals surface area contributed by atoms with E-state index in [1.165, 1.54) is 18.2 Å².